The SMILES string of the molecule is Cc1noc(C)c1S(=O)(=O)N1CCN(c2ccc(N3CCCCC3)nn2)CC1. The molecule has 2 saturated heterocycles. The van der Waals surface area contributed by atoms with E-state index in [-0.39, 0.29) is 4.90 Å². The van der Waals surface area contributed by atoms with Crippen LogP contribution < -0.4 is 9.80 Å². The third-order valence-corrected chi connectivity index (χ3v) is 7.59. The maximum atomic E-state index is 12.9. The fourth-order valence-electron chi connectivity index (χ4n) is 3.91. The summed E-state index contributed by atoms with van der Waals surface area (Å²) in [7, 11) is -3.60. The lowest BCUT2D eigenvalue weighted by Gasteiger charge is -2.34. The first-order valence-corrected chi connectivity index (χ1v) is 11.2. The third-order valence-electron chi connectivity index (χ3n) is 5.44. The molecule has 0 saturated carbocycles. The monoisotopic (exact) mass is 406 g/mol. The van der Waals surface area contributed by atoms with Crippen molar-refractivity contribution in [3.63, 3.8) is 0 Å². The van der Waals surface area contributed by atoms with Crippen LogP contribution in [0, 0.1) is 13.8 Å². The summed E-state index contributed by atoms with van der Waals surface area (Å²) in [6.07, 6.45) is 3.68. The van der Waals surface area contributed by atoms with Crippen molar-refractivity contribution >= 4 is 21.7 Å². The molecule has 9 nitrogen and oxygen atoms in total. The van der Waals surface area contributed by atoms with Crippen LogP contribution in [-0.4, -0.2) is 67.3 Å². The molecule has 2 aliphatic rings. The molecule has 4 heterocycles. The third kappa shape index (κ3) is 3.58. The lowest BCUT2D eigenvalue weighted by atomic mass is 10.1. The van der Waals surface area contributed by atoms with E-state index in [0.717, 1.165) is 24.7 Å². The number of anilines is 2. The molecule has 0 aliphatic carbocycles. The van der Waals surface area contributed by atoms with Gasteiger partial charge in [-0.25, -0.2) is 8.42 Å². The highest BCUT2D eigenvalue weighted by atomic mass is 32.2. The minimum Gasteiger partial charge on any atom is -0.360 e. The molecule has 0 atom stereocenters. The Morgan fingerprint density at radius 2 is 1.43 bits per heavy atom. The number of rotatable bonds is 4. The zero-order valence-corrected chi connectivity index (χ0v) is 17.2. The van der Waals surface area contributed by atoms with Crippen molar-refractivity contribution < 1.29 is 12.9 Å². The van der Waals surface area contributed by atoms with Gasteiger partial charge in [-0.05, 0) is 45.2 Å². The number of sulfonamides is 1. The zero-order chi connectivity index (χ0) is 19.7. The van der Waals surface area contributed by atoms with Crippen molar-refractivity contribution in [3.8, 4) is 0 Å². The molecular formula is C18H26N6O3S. The Kier molecular flexibility index (Phi) is 5.24. The number of nitrogens with zero attached hydrogens (tertiary/aromatic N) is 6. The molecule has 0 bridgehead atoms. The highest BCUT2D eigenvalue weighted by Crippen LogP contribution is 2.25. The predicted octanol–water partition coefficient (Wildman–Crippen LogP) is 1.58. The fourth-order valence-corrected chi connectivity index (χ4v) is 5.62. The van der Waals surface area contributed by atoms with E-state index in [1.165, 1.54) is 23.6 Å². The van der Waals surface area contributed by atoms with Crippen LogP contribution in [-0.2, 0) is 10.0 Å². The summed E-state index contributed by atoms with van der Waals surface area (Å²) < 4.78 is 32.4. The molecule has 0 aromatic carbocycles. The Morgan fingerprint density at radius 3 is 1.93 bits per heavy atom. The van der Waals surface area contributed by atoms with Gasteiger partial charge < -0.3 is 14.3 Å². The predicted molar refractivity (Wildman–Crippen MR) is 105 cm³/mol. The summed E-state index contributed by atoms with van der Waals surface area (Å²) in [6, 6.07) is 4.00. The van der Waals surface area contributed by atoms with E-state index in [2.05, 4.69) is 25.2 Å². The fraction of sp³-hybridized carbons (Fsp3) is 0.611. The van der Waals surface area contributed by atoms with E-state index in [9.17, 15) is 8.42 Å². The summed E-state index contributed by atoms with van der Waals surface area (Å²) in [4.78, 5) is 4.53. The first-order valence-electron chi connectivity index (χ1n) is 9.73. The lowest BCUT2D eigenvalue weighted by Crippen LogP contribution is -2.49. The second-order valence-corrected chi connectivity index (χ2v) is 9.22. The summed E-state index contributed by atoms with van der Waals surface area (Å²) in [5.74, 6) is 2.04. The number of piperazine rings is 1. The van der Waals surface area contributed by atoms with Crippen molar-refractivity contribution in [3.05, 3.63) is 23.6 Å². The van der Waals surface area contributed by atoms with Gasteiger partial charge in [-0.2, -0.15) is 4.31 Å². The van der Waals surface area contributed by atoms with Crippen molar-refractivity contribution in [1.29, 1.82) is 0 Å². The molecule has 152 valence electrons. The van der Waals surface area contributed by atoms with Crippen LogP contribution in [0.4, 0.5) is 11.6 Å². The smallest absolute Gasteiger partial charge is 0.248 e. The summed E-state index contributed by atoms with van der Waals surface area (Å²) in [5, 5.41) is 12.5. The molecule has 0 unspecified atom stereocenters. The van der Waals surface area contributed by atoms with Crippen LogP contribution in [0.2, 0.25) is 0 Å². The normalized spacial score (nSPS) is 19.2. The first-order chi connectivity index (χ1) is 13.5. The van der Waals surface area contributed by atoms with Gasteiger partial charge in [-0.15, -0.1) is 10.2 Å². The first kappa shape index (κ1) is 19.1. The van der Waals surface area contributed by atoms with Gasteiger partial charge in [0.2, 0.25) is 10.0 Å². The van der Waals surface area contributed by atoms with Gasteiger partial charge in [0.15, 0.2) is 17.4 Å². The molecule has 4 rings (SSSR count). The van der Waals surface area contributed by atoms with Crippen LogP contribution in [0.25, 0.3) is 0 Å². The number of hydrogen-bond donors (Lipinski definition) is 0. The molecule has 10 heteroatoms. The zero-order valence-electron chi connectivity index (χ0n) is 16.3. The number of aryl methyl sites for hydroxylation is 2. The van der Waals surface area contributed by atoms with Crippen molar-refractivity contribution in [2.75, 3.05) is 49.1 Å². The summed E-state index contributed by atoms with van der Waals surface area (Å²) in [5.41, 5.74) is 0.402. The average Bonchev–Trinajstić information content (AvgIpc) is 3.08. The van der Waals surface area contributed by atoms with E-state index in [1.54, 1.807) is 13.8 Å². The van der Waals surface area contributed by atoms with Crippen LogP contribution >= 0.6 is 0 Å². The van der Waals surface area contributed by atoms with Crippen molar-refractivity contribution in [2.24, 2.45) is 0 Å². The van der Waals surface area contributed by atoms with Gasteiger partial charge in [0.1, 0.15) is 10.6 Å². The van der Waals surface area contributed by atoms with Gasteiger partial charge >= 0.3 is 0 Å². The molecule has 2 aromatic rings. The molecule has 0 amide bonds. The largest absolute Gasteiger partial charge is 0.360 e. The minimum atomic E-state index is -3.60. The second-order valence-electron chi connectivity index (χ2n) is 7.34. The van der Waals surface area contributed by atoms with Crippen LogP contribution in [0.5, 0.6) is 0 Å². The second kappa shape index (κ2) is 7.67. The minimum absolute atomic E-state index is 0.187. The van der Waals surface area contributed by atoms with E-state index < -0.39 is 10.0 Å². The van der Waals surface area contributed by atoms with Crippen LogP contribution in [0.15, 0.2) is 21.6 Å². The van der Waals surface area contributed by atoms with E-state index >= 15 is 0 Å². The van der Waals surface area contributed by atoms with Crippen molar-refractivity contribution in [2.45, 2.75) is 38.0 Å². The summed E-state index contributed by atoms with van der Waals surface area (Å²) >= 11 is 0. The number of hydrogen-bond acceptors (Lipinski definition) is 8. The van der Waals surface area contributed by atoms with Crippen molar-refractivity contribution in [1.82, 2.24) is 19.7 Å². The van der Waals surface area contributed by atoms with Gasteiger partial charge in [0, 0.05) is 39.3 Å². The molecule has 2 aromatic heterocycles. The van der Waals surface area contributed by atoms with Gasteiger partial charge in [0.05, 0.1) is 0 Å². The molecule has 0 spiro atoms. The Labute approximate surface area is 165 Å². The van der Waals surface area contributed by atoms with Crippen LogP contribution in [0.3, 0.4) is 0 Å². The average molecular weight is 407 g/mol. The topological polar surface area (TPSA) is 95.7 Å². The highest BCUT2D eigenvalue weighted by molar-refractivity contribution is 7.89. The molecule has 28 heavy (non-hydrogen) atoms. The Hall–Kier alpha value is -2.20. The lowest BCUT2D eigenvalue weighted by molar-refractivity contribution is 0.377. The van der Waals surface area contributed by atoms with E-state index in [4.69, 9.17) is 4.52 Å². The number of piperidine rings is 1. The van der Waals surface area contributed by atoms with Crippen LogP contribution in [0.1, 0.15) is 30.7 Å². The molecule has 2 fully saturated rings. The van der Waals surface area contributed by atoms with Gasteiger partial charge in [-0.3, -0.25) is 0 Å². The quantitative estimate of drug-likeness (QED) is 0.755. The standard InChI is InChI=1S/C18H26N6O3S/c1-14-18(15(2)27-21-14)28(25,26)24-12-10-23(11-13-24)17-7-6-16(19-20-17)22-8-4-3-5-9-22/h6-7H,3-5,8-13H2,1-2H3. The maximum Gasteiger partial charge on any atom is 0.248 e. The Morgan fingerprint density at radius 1 is 0.857 bits per heavy atom. The molecule has 0 N–H and O–H groups in total. The maximum absolute atomic E-state index is 12.9. The molecule has 0 radical (unpaired) electrons. The van der Waals surface area contributed by atoms with E-state index in [1.807, 2.05) is 12.1 Å². The highest BCUT2D eigenvalue weighted by Gasteiger charge is 2.33. The van der Waals surface area contributed by atoms with E-state index in [0.29, 0.717) is 37.6 Å². The Bertz CT molecular complexity index is 894. The Balaban J connectivity index is 1.41. The summed E-state index contributed by atoms with van der Waals surface area (Å²) in [6.45, 7) is 7.27. The molecule has 2 aliphatic heterocycles. The van der Waals surface area contributed by atoms with Gasteiger partial charge in [-0.1, -0.05) is 5.16 Å². The van der Waals surface area contributed by atoms with Gasteiger partial charge in [0.25, 0.3) is 0 Å². The molecular weight excluding hydrogens is 380 g/mol. The number of aromatic nitrogens is 3.